The fourth-order valence-corrected chi connectivity index (χ4v) is 3.22. The summed E-state index contributed by atoms with van der Waals surface area (Å²) < 4.78 is 0. The number of hydrogen-bond donors (Lipinski definition) is 1. The van der Waals surface area contributed by atoms with E-state index in [2.05, 4.69) is 60.8 Å². The number of benzene rings is 3. The van der Waals surface area contributed by atoms with Gasteiger partial charge in [-0.3, -0.25) is 4.79 Å². The van der Waals surface area contributed by atoms with Crippen molar-refractivity contribution in [2.24, 2.45) is 5.92 Å². The number of fused-ring (bicyclic) bond motifs is 1. The van der Waals surface area contributed by atoms with E-state index in [-0.39, 0.29) is 11.8 Å². The van der Waals surface area contributed by atoms with E-state index >= 15 is 0 Å². The minimum Gasteiger partial charge on any atom is -0.355 e. The molecule has 0 aliphatic rings. The normalized spacial score (nSPS) is 13.4. The van der Waals surface area contributed by atoms with Crippen molar-refractivity contribution in [2.45, 2.75) is 26.2 Å². The number of nitrogens with one attached hydrogen (secondary N) is 1. The highest BCUT2D eigenvalue weighted by Gasteiger charge is 2.16. The maximum atomic E-state index is 12.5. The molecule has 1 N–H and O–H groups in total. The van der Waals surface area contributed by atoms with Gasteiger partial charge in [0, 0.05) is 12.5 Å². The van der Waals surface area contributed by atoms with Crippen molar-refractivity contribution >= 4 is 16.7 Å². The van der Waals surface area contributed by atoms with Crippen molar-refractivity contribution < 1.29 is 4.79 Å². The van der Waals surface area contributed by atoms with Crippen molar-refractivity contribution in [1.29, 1.82) is 0 Å². The Labute approximate surface area is 149 Å². The van der Waals surface area contributed by atoms with Crippen LogP contribution in [0.1, 0.15) is 30.9 Å². The summed E-state index contributed by atoms with van der Waals surface area (Å²) in [5.41, 5.74) is 2.49. The molecule has 2 atom stereocenters. The van der Waals surface area contributed by atoms with Crippen LogP contribution in [-0.4, -0.2) is 12.5 Å². The van der Waals surface area contributed by atoms with E-state index in [4.69, 9.17) is 0 Å². The first kappa shape index (κ1) is 17.2. The fraction of sp³-hybridized carbons (Fsp3) is 0.261. The van der Waals surface area contributed by atoms with E-state index in [9.17, 15) is 4.79 Å². The number of amides is 1. The van der Waals surface area contributed by atoms with Crippen LogP contribution in [0, 0.1) is 5.92 Å². The molecule has 128 valence electrons. The Bertz CT molecular complexity index is 836. The summed E-state index contributed by atoms with van der Waals surface area (Å²) in [6.45, 7) is 4.82. The fourth-order valence-electron chi connectivity index (χ4n) is 3.22. The molecule has 2 unspecified atom stereocenters. The quantitative estimate of drug-likeness (QED) is 0.681. The van der Waals surface area contributed by atoms with Crippen molar-refractivity contribution in [1.82, 2.24) is 5.32 Å². The topological polar surface area (TPSA) is 29.1 Å². The molecule has 2 heteroatoms. The van der Waals surface area contributed by atoms with E-state index in [1.807, 2.05) is 31.2 Å². The van der Waals surface area contributed by atoms with Crippen molar-refractivity contribution in [3.8, 4) is 0 Å². The molecule has 0 saturated heterocycles. The van der Waals surface area contributed by atoms with Crippen LogP contribution in [0.15, 0.2) is 72.8 Å². The molecule has 0 bridgehead atoms. The lowest BCUT2D eigenvalue weighted by molar-refractivity contribution is -0.124. The summed E-state index contributed by atoms with van der Waals surface area (Å²) in [7, 11) is 0. The highest BCUT2D eigenvalue weighted by molar-refractivity contribution is 5.86. The first-order valence-corrected chi connectivity index (χ1v) is 8.94. The Balaban J connectivity index is 1.61. The first-order valence-electron chi connectivity index (χ1n) is 8.94. The lowest BCUT2D eigenvalue weighted by atomic mass is 9.95. The minimum absolute atomic E-state index is 0.0474. The van der Waals surface area contributed by atoms with Gasteiger partial charge in [0.1, 0.15) is 0 Å². The molecule has 2 nitrogen and oxygen atoms in total. The Morgan fingerprint density at radius 3 is 2.36 bits per heavy atom. The zero-order chi connectivity index (χ0) is 17.6. The van der Waals surface area contributed by atoms with Gasteiger partial charge in [0.2, 0.25) is 5.91 Å². The van der Waals surface area contributed by atoms with Crippen LogP contribution in [0.5, 0.6) is 0 Å². The summed E-state index contributed by atoms with van der Waals surface area (Å²) in [5.74, 6) is 0.388. The molecule has 0 fully saturated rings. The van der Waals surface area contributed by atoms with Gasteiger partial charge in [-0.25, -0.2) is 0 Å². The monoisotopic (exact) mass is 331 g/mol. The number of hydrogen-bond acceptors (Lipinski definition) is 1. The largest absolute Gasteiger partial charge is 0.355 e. The Morgan fingerprint density at radius 2 is 1.56 bits per heavy atom. The molecule has 0 saturated carbocycles. The standard InChI is InChI=1S/C23H25NO/c1-17(15-21-13-8-12-20-11-6-7-14-22(20)21)23(25)24-16-18(2)19-9-4-3-5-10-19/h3-14,17-18H,15-16H2,1-2H3,(H,24,25). The molecule has 0 aliphatic heterocycles. The third kappa shape index (κ3) is 4.27. The molecule has 3 rings (SSSR count). The van der Waals surface area contributed by atoms with E-state index in [0.29, 0.717) is 12.5 Å². The minimum atomic E-state index is -0.0474. The molecule has 3 aromatic rings. The van der Waals surface area contributed by atoms with Crippen LogP contribution in [-0.2, 0) is 11.2 Å². The number of carbonyl (C=O) groups is 1. The van der Waals surface area contributed by atoms with Crippen molar-refractivity contribution in [3.63, 3.8) is 0 Å². The SMILES string of the molecule is CC(Cc1cccc2ccccc12)C(=O)NCC(C)c1ccccc1. The predicted molar refractivity (Wildman–Crippen MR) is 105 cm³/mol. The second-order valence-corrected chi connectivity index (χ2v) is 6.80. The maximum Gasteiger partial charge on any atom is 0.223 e. The van der Waals surface area contributed by atoms with Gasteiger partial charge >= 0.3 is 0 Å². The van der Waals surface area contributed by atoms with Crippen LogP contribution in [0.25, 0.3) is 10.8 Å². The lowest BCUT2D eigenvalue weighted by Gasteiger charge is -2.17. The van der Waals surface area contributed by atoms with Gasteiger partial charge in [-0.2, -0.15) is 0 Å². The van der Waals surface area contributed by atoms with Gasteiger partial charge in [-0.1, -0.05) is 86.6 Å². The summed E-state index contributed by atoms with van der Waals surface area (Å²) in [6.07, 6.45) is 0.757. The lowest BCUT2D eigenvalue weighted by Crippen LogP contribution is -2.33. The Hall–Kier alpha value is -2.61. The highest BCUT2D eigenvalue weighted by Crippen LogP contribution is 2.21. The molecule has 25 heavy (non-hydrogen) atoms. The van der Waals surface area contributed by atoms with Crippen molar-refractivity contribution in [3.05, 3.63) is 83.9 Å². The third-order valence-corrected chi connectivity index (χ3v) is 4.80. The predicted octanol–water partition coefficient (Wildman–Crippen LogP) is 4.94. The van der Waals surface area contributed by atoms with Gasteiger partial charge in [0.05, 0.1) is 0 Å². The van der Waals surface area contributed by atoms with Crippen LogP contribution in [0.3, 0.4) is 0 Å². The highest BCUT2D eigenvalue weighted by atomic mass is 16.1. The zero-order valence-electron chi connectivity index (χ0n) is 14.9. The van der Waals surface area contributed by atoms with Gasteiger partial charge < -0.3 is 5.32 Å². The van der Waals surface area contributed by atoms with E-state index in [0.717, 1.165) is 6.42 Å². The summed E-state index contributed by atoms with van der Waals surface area (Å²) in [4.78, 5) is 12.5. The summed E-state index contributed by atoms with van der Waals surface area (Å²) in [6, 6.07) is 25.0. The second-order valence-electron chi connectivity index (χ2n) is 6.80. The average Bonchev–Trinajstić information content (AvgIpc) is 2.66. The van der Waals surface area contributed by atoms with Gasteiger partial charge in [-0.15, -0.1) is 0 Å². The first-order chi connectivity index (χ1) is 12.1. The van der Waals surface area contributed by atoms with Crippen LogP contribution in [0.2, 0.25) is 0 Å². The zero-order valence-corrected chi connectivity index (χ0v) is 14.9. The molecule has 3 aromatic carbocycles. The molecule has 0 aromatic heterocycles. The number of carbonyl (C=O) groups excluding carboxylic acids is 1. The maximum absolute atomic E-state index is 12.5. The van der Waals surface area contributed by atoms with E-state index < -0.39 is 0 Å². The van der Waals surface area contributed by atoms with Gasteiger partial charge in [0.15, 0.2) is 0 Å². The second kappa shape index (κ2) is 7.98. The molecular weight excluding hydrogens is 306 g/mol. The summed E-state index contributed by atoms with van der Waals surface area (Å²) in [5, 5.41) is 5.58. The van der Waals surface area contributed by atoms with Crippen LogP contribution < -0.4 is 5.32 Å². The van der Waals surface area contributed by atoms with Crippen LogP contribution in [0.4, 0.5) is 0 Å². The van der Waals surface area contributed by atoms with Crippen LogP contribution >= 0.6 is 0 Å². The van der Waals surface area contributed by atoms with Crippen molar-refractivity contribution in [2.75, 3.05) is 6.54 Å². The third-order valence-electron chi connectivity index (χ3n) is 4.80. The molecule has 0 heterocycles. The molecule has 0 spiro atoms. The number of rotatable bonds is 6. The molecule has 0 radical (unpaired) electrons. The van der Waals surface area contributed by atoms with Gasteiger partial charge in [0.25, 0.3) is 0 Å². The average molecular weight is 331 g/mol. The Morgan fingerprint density at radius 1 is 0.880 bits per heavy atom. The molecule has 0 aliphatic carbocycles. The molecular formula is C23H25NO. The van der Waals surface area contributed by atoms with E-state index in [1.165, 1.54) is 21.9 Å². The Kier molecular flexibility index (Phi) is 5.49. The summed E-state index contributed by atoms with van der Waals surface area (Å²) >= 11 is 0. The smallest absolute Gasteiger partial charge is 0.223 e. The van der Waals surface area contributed by atoms with E-state index in [1.54, 1.807) is 0 Å². The molecule has 1 amide bonds. The van der Waals surface area contributed by atoms with Gasteiger partial charge in [-0.05, 0) is 34.2 Å².